The minimum atomic E-state index is -0.278. The Morgan fingerprint density at radius 2 is 1.90 bits per heavy atom. The molecule has 3 fully saturated rings. The number of amides is 3. The van der Waals surface area contributed by atoms with Crippen LogP contribution in [0.1, 0.15) is 103 Å². The van der Waals surface area contributed by atoms with E-state index in [-0.39, 0.29) is 41.7 Å². The number of aromatic nitrogens is 1. The maximum Gasteiger partial charge on any atom is 0.273 e. The average Bonchev–Trinajstić information content (AvgIpc) is 3.94. The fourth-order valence-corrected chi connectivity index (χ4v) is 10.5. The second kappa shape index (κ2) is 20.8. The number of phenols is 1. The lowest BCUT2D eigenvalue weighted by molar-refractivity contribution is -0.135. The molecule has 3 aliphatic heterocycles. The van der Waals surface area contributed by atoms with Crippen molar-refractivity contribution in [1.29, 1.82) is 0 Å². The number of likely N-dealkylation sites (tertiary alicyclic amines) is 1. The molecule has 322 valence electrons. The van der Waals surface area contributed by atoms with Crippen LogP contribution >= 0.6 is 22.7 Å². The summed E-state index contributed by atoms with van der Waals surface area (Å²) >= 11 is 3.39. The molecule has 3 N–H and O–H groups in total. The monoisotopic (exact) mass is 850 g/mol. The Morgan fingerprint density at radius 1 is 1.07 bits per heavy atom. The van der Waals surface area contributed by atoms with Gasteiger partial charge in [-0.3, -0.25) is 14.4 Å². The molecule has 7 rings (SSSR count). The van der Waals surface area contributed by atoms with E-state index in [9.17, 15) is 19.5 Å². The summed E-state index contributed by atoms with van der Waals surface area (Å²) in [7, 11) is 0. The van der Waals surface area contributed by atoms with Gasteiger partial charge in [0.2, 0.25) is 5.91 Å². The lowest BCUT2D eigenvalue weighted by Gasteiger charge is -2.47. The van der Waals surface area contributed by atoms with Gasteiger partial charge in [0.05, 0.1) is 43.4 Å². The number of anilines is 1. The topological polar surface area (TPSA) is 146 Å². The van der Waals surface area contributed by atoms with Crippen LogP contribution in [-0.2, 0) is 38.3 Å². The zero-order valence-corrected chi connectivity index (χ0v) is 36.4. The number of hydrogen-bond donors (Lipinski definition) is 3. The van der Waals surface area contributed by atoms with E-state index >= 15 is 0 Å². The molecule has 1 aromatic carbocycles. The van der Waals surface area contributed by atoms with Crippen molar-refractivity contribution in [2.75, 3.05) is 84.1 Å². The molecule has 2 saturated heterocycles. The van der Waals surface area contributed by atoms with Gasteiger partial charge in [-0.05, 0) is 80.1 Å². The zero-order chi connectivity index (χ0) is 41.2. The number of carbonyl (C=O) groups excluding carboxylic acids is 3. The Bertz CT molecular complexity index is 1870. The van der Waals surface area contributed by atoms with Gasteiger partial charge in [-0.25, -0.2) is 4.98 Å². The lowest BCUT2D eigenvalue weighted by Crippen LogP contribution is -2.58. The van der Waals surface area contributed by atoms with Crippen LogP contribution in [0, 0.1) is 0 Å². The normalized spacial score (nSPS) is 18.5. The minimum Gasteiger partial charge on any atom is -0.506 e. The summed E-state index contributed by atoms with van der Waals surface area (Å²) in [5, 5.41) is 21.5. The van der Waals surface area contributed by atoms with Gasteiger partial charge in [0, 0.05) is 61.5 Å². The molecule has 0 atom stereocenters. The molecule has 4 aliphatic rings. The van der Waals surface area contributed by atoms with Crippen molar-refractivity contribution in [2.45, 2.75) is 102 Å². The van der Waals surface area contributed by atoms with Gasteiger partial charge in [0.1, 0.15) is 17.1 Å². The third-order valence-electron chi connectivity index (χ3n) is 12.2. The van der Waals surface area contributed by atoms with Crippen molar-refractivity contribution in [3.05, 3.63) is 55.7 Å². The van der Waals surface area contributed by atoms with Crippen LogP contribution in [0.5, 0.6) is 11.5 Å². The summed E-state index contributed by atoms with van der Waals surface area (Å²) in [5.41, 5.74) is 2.84. The molecule has 1 saturated carbocycles. The van der Waals surface area contributed by atoms with E-state index in [1.165, 1.54) is 16.9 Å². The number of nitrogens with one attached hydrogen (secondary N) is 2. The first-order valence-corrected chi connectivity index (χ1v) is 23.4. The Balaban J connectivity index is 0.780. The summed E-state index contributed by atoms with van der Waals surface area (Å²) in [5.74, 6) is 0.761. The number of piperidine rings is 1. The Labute approximate surface area is 356 Å². The van der Waals surface area contributed by atoms with Crippen LogP contribution in [0.25, 0.3) is 0 Å². The number of morpholine rings is 1. The first kappa shape index (κ1) is 43.5. The van der Waals surface area contributed by atoms with Gasteiger partial charge in [0.25, 0.3) is 11.8 Å². The molecule has 0 bridgehead atoms. The second-order valence-electron chi connectivity index (χ2n) is 16.8. The highest BCUT2D eigenvalue weighted by molar-refractivity contribution is 7.10. The molecular weight excluding hydrogens is 789 g/mol. The molecule has 1 spiro atoms. The van der Waals surface area contributed by atoms with Gasteiger partial charge in [-0.1, -0.05) is 39.2 Å². The number of fused-ring (bicyclic) bond motifs is 1. The van der Waals surface area contributed by atoms with Crippen molar-refractivity contribution in [2.24, 2.45) is 0 Å². The fourth-order valence-electron chi connectivity index (χ4n) is 8.73. The Kier molecular flexibility index (Phi) is 15.3. The van der Waals surface area contributed by atoms with Gasteiger partial charge in [-0.15, -0.1) is 22.7 Å². The van der Waals surface area contributed by atoms with E-state index in [0.29, 0.717) is 88.4 Å². The molecule has 59 heavy (non-hydrogen) atoms. The summed E-state index contributed by atoms with van der Waals surface area (Å²) < 4.78 is 18.0. The van der Waals surface area contributed by atoms with Crippen LogP contribution in [0.2, 0.25) is 0 Å². The third-order valence-corrected chi connectivity index (χ3v) is 14.4. The third kappa shape index (κ3) is 11.6. The zero-order valence-electron chi connectivity index (χ0n) is 34.8. The van der Waals surface area contributed by atoms with E-state index in [4.69, 9.17) is 14.2 Å². The van der Waals surface area contributed by atoms with Crippen LogP contribution in [0.15, 0.2) is 29.0 Å². The molecule has 0 unspecified atom stereocenters. The minimum absolute atomic E-state index is 0.00190. The molecule has 2 aromatic heterocycles. The number of aromatic hydroxyl groups is 1. The molecule has 5 heterocycles. The number of thiophene rings is 1. The van der Waals surface area contributed by atoms with Crippen LogP contribution in [-0.4, -0.2) is 133 Å². The van der Waals surface area contributed by atoms with Gasteiger partial charge in [0.15, 0.2) is 12.4 Å². The Hall–Kier alpha value is -3.60. The maximum atomic E-state index is 13.5. The van der Waals surface area contributed by atoms with Crippen molar-refractivity contribution < 1.29 is 33.7 Å². The predicted molar refractivity (Wildman–Crippen MR) is 231 cm³/mol. The lowest BCUT2D eigenvalue weighted by atomic mass is 9.89. The van der Waals surface area contributed by atoms with Crippen molar-refractivity contribution in [1.82, 2.24) is 25.0 Å². The highest BCUT2D eigenvalue weighted by Crippen LogP contribution is 2.39. The number of carbonyl (C=O) groups is 3. The van der Waals surface area contributed by atoms with Crippen molar-refractivity contribution >= 4 is 46.1 Å². The van der Waals surface area contributed by atoms with E-state index in [2.05, 4.69) is 50.7 Å². The van der Waals surface area contributed by atoms with E-state index in [0.717, 1.165) is 81.6 Å². The summed E-state index contributed by atoms with van der Waals surface area (Å²) in [4.78, 5) is 51.1. The highest BCUT2D eigenvalue weighted by Gasteiger charge is 2.41. The number of rotatable bonds is 18. The summed E-state index contributed by atoms with van der Waals surface area (Å²) in [6, 6.07) is 6.00. The number of hydrogen-bond acceptors (Lipinski definition) is 12. The van der Waals surface area contributed by atoms with Crippen LogP contribution < -0.4 is 15.4 Å². The van der Waals surface area contributed by atoms with E-state index in [1.54, 1.807) is 17.4 Å². The van der Waals surface area contributed by atoms with Crippen molar-refractivity contribution in [3.63, 3.8) is 0 Å². The molecule has 0 radical (unpaired) electrons. The maximum absolute atomic E-state index is 13.5. The average molecular weight is 851 g/mol. The van der Waals surface area contributed by atoms with Gasteiger partial charge in [-0.2, -0.15) is 0 Å². The van der Waals surface area contributed by atoms with E-state index < -0.39 is 0 Å². The summed E-state index contributed by atoms with van der Waals surface area (Å²) in [6.07, 6.45) is 10.4. The van der Waals surface area contributed by atoms with Crippen LogP contribution in [0.4, 0.5) is 5.69 Å². The highest BCUT2D eigenvalue weighted by atomic mass is 32.1. The first-order valence-electron chi connectivity index (χ1n) is 21.7. The van der Waals surface area contributed by atoms with Crippen molar-refractivity contribution in [3.8, 4) is 11.5 Å². The quantitative estimate of drug-likeness (QED) is 0.105. The molecule has 3 amide bonds. The SMILES string of the molecule is CC(C)c1nc(C(=O)N2CCOC3(CCN(CCc4cc(CCOCCC(=O)N(CCNCCc5ccc(O)c6c5OCC(=O)N6)C5CCCCC5)cs4)CC3)C2)cs1. The van der Waals surface area contributed by atoms with E-state index in [1.807, 2.05) is 27.7 Å². The number of benzene rings is 1. The largest absolute Gasteiger partial charge is 0.506 e. The number of phenolic OH excluding ortho intramolecular Hbond substituents is 1. The number of ether oxygens (including phenoxy) is 3. The number of thiazole rings is 1. The second-order valence-corrected chi connectivity index (χ2v) is 18.7. The molecule has 15 heteroatoms. The smallest absolute Gasteiger partial charge is 0.273 e. The molecular formula is C44H62N6O7S2. The molecule has 13 nitrogen and oxygen atoms in total. The number of nitrogens with zero attached hydrogens (tertiary/aromatic N) is 4. The molecule has 3 aromatic rings. The van der Waals surface area contributed by atoms with Gasteiger partial charge >= 0.3 is 0 Å². The van der Waals surface area contributed by atoms with Crippen LogP contribution in [0.3, 0.4) is 0 Å². The standard InChI is InChI=1S/C44H62N6O7S2/c1-31(2)42-46-36(29-59-42)43(54)49-22-25-57-44(30-49)14-19-48(20-15-44)18-11-35-26-32(28-58-35)12-23-55-24-13-39(53)50(34-6-4-3-5-7-34)21-17-45-16-10-33-8-9-37(51)40-41(33)56-27-38(52)47-40/h8-9,26,28-29,31,34,45,51H,3-7,10-25,27,30H2,1-2H3,(H,47,52). The molecule has 1 aliphatic carbocycles. The predicted octanol–water partition coefficient (Wildman–Crippen LogP) is 5.86. The van der Waals surface area contributed by atoms with Gasteiger partial charge < -0.3 is 44.7 Å². The first-order chi connectivity index (χ1) is 28.7. The fraction of sp³-hybridized carbons (Fsp3) is 0.636. The Morgan fingerprint density at radius 3 is 2.69 bits per heavy atom. The summed E-state index contributed by atoms with van der Waals surface area (Å²) in [6.45, 7) is 12.0.